The van der Waals surface area contributed by atoms with E-state index < -0.39 is 0 Å². The summed E-state index contributed by atoms with van der Waals surface area (Å²) < 4.78 is 5.13. The molecule has 0 atom stereocenters. The molecule has 1 aromatic carbocycles. The fourth-order valence-corrected chi connectivity index (χ4v) is 1.20. The summed E-state index contributed by atoms with van der Waals surface area (Å²) in [6.07, 6.45) is 0. The molecule has 70 valence electrons. The fourth-order valence-electron chi connectivity index (χ4n) is 1.09. The molecule has 0 bridgehead atoms. The van der Waals surface area contributed by atoms with Gasteiger partial charge in [-0.3, -0.25) is 0 Å². The summed E-state index contributed by atoms with van der Waals surface area (Å²) in [7, 11) is 0. The van der Waals surface area contributed by atoms with E-state index in [4.69, 9.17) is 4.74 Å². The Morgan fingerprint density at radius 2 is 2.00 bits per heavy atom. The van der Waals surface area contributed by atoms with E-state index in [1.165, 1.54) is 11.1 Å². The van der Waals surface area contributed by atoms with Crippen molar-refractivity contribution >= 4 is 17.8 Å². The molecule has 0 radical (unpaired) electrons. The maximum absolute atomic E-state index is 5.13. The molecule has 0 saturated carbocycles. The average Bonchev–Trinajstić information content (AvgIpc) is 2.04. The number of rotatable bonds is 2. The predicted molar refractivity (Wildman–Crippen MR) is 59.4 cm³/mol. The van der Waals surface area contributed by atoms with Crippen LogP contribution in [-0.2, 0) is 5.41 Å². The Labute approximate surface area is 84.7 Å². The average molecular weight is 194 g/mol. The summed E-state index contributed by atoms with van der Waals surface area (Å²) >= 11 is 4.62. The van der Waals surface area contributed by atoms with Gasteiger partial charge in [0, 0.05) is 0 Å². The standard InChI is InChI=1S/C11H14OS/c1-11(2,3)9-5-4-6-10(7-9)12-8-13/h4-8H,1-3H3. The Hall–Kier alpha value is -0.890. The van der Waals surface area contributed by atoms with Gasteiger partial charge in [-0.2, -0.15) is 0 Å². The molecule has 0 aromatic heterocycles. The molecule has 0 aliphatic carbocycles. The third-order valence-electron chi connectivity index (χ3n) is 1.88. The van der Waals surface area contributed by atoms with E-state index in [2.05, 4.69) is 39.1 Å². The number of benzene rings is 1. The zero-order chi connectivity index (χ0) is 9.90. The smallest absolute Gasteiger partial charge is 0.154 e. The molecule has 0 unspecified atom stereocenters. The second kappa shape index (κ2) is 3.88. The van der Waals surface area contributed by atoms with Crippen molar-refractivity contribution in [3.63, 3.8) is 0 Å². The maximum atomic E-state index is 5.13. The zero-order valence-corrected chi connectivity index (χ0v) is 9.02. The maximum Gasteiger partial charge on any atom is 0.154 e. The van der Waals surface area contributed by atoms with Gasteiger partial charge in [0.25, 0.3) is 0 Å². The van der Waals surface area contributed by atoms with Crippen molar-refractivity contribution in [2.24, 2.45) is 0 Å². The molecule has 1 rings (SSSR count). The summed E-state index contributed by atoms with van der Waals surface area (Å²) in [5.41, 5.74) is 2.68. The van der Waals surface area contributed by atoms with E-state index in [0.717, 1.165) is 5.75 Å². The molecule has 0 amide bonds. The van der Waals surface area contributed by atoms with Crippen molar-refractivity contribution in [1.82, 2.24) is 0 Å². The number of ether oxygens (including phenoxy) is 1. The van der Waals surface area contributed by atoms with Gasteiger partial charge >= 0.3 is 0 Å². The first-order valence-electron chi connectivity index (χ1n) is 4.25. The van der Waals surface area contributed by atoms with Crippen LogP contribution in [0.4, 0.5) is 0 Å². The molecular weight excluding hydrogens is 180 g/mol. The highest BCUT2D eigenvalue weighted by Gasteiger charge is 2.13. The van der Waals surface area contributed by atoms with Gasteiger partial charge in [-0.1, -0.05) is 32.9 Å². The summed E-state index contributed by atoms with van der Waals surface area (Å²) in [4.78, 5) is 0. The van der Waals surface area contributed by atoms with Gasteiger partial charge in [0.05, 0.1) is 0 Å². The van der Waals surface area contributed by atoms with E-state index in [-0.39, 0.29) is 5.41 Å². The first-order chi connectivity index (χ1) is 6.04. The van der Waals surface area contributed by atoms with E-state index in [9.17, 15) is 0 Å². The monoisotopic (exact) mass is 194 g/mol. The summed E-state index contributed by atoms with van der Waals surface area (Å²) in [6.45, 7) is 6.51. The van der Waals surface area contributed by atoms with Crippen LogP contribution in [-0.4, -0.2) is 5.55 Å². The first kappa shape index (κ1) is 10.2. The molecule has 1 aromatic rings. The fraction of sp³-hybridized carbons (Fsp3) is 0.364. The Balaban J connectivity index is 2.98. The number of hydrogen-bond acceptors (Lipinski definition) is 2. The lowest BCUT2D eigenvalue weighted by atomic mass is 9.87. The van der Waals surface area contributed by atoms with Crippen LogP contribution in [0.15, 0.2) is 24.3 Å². The molecule has 0 aliphatic heterocycles. The molecule has 0 N–H and O–H groups in total. The van der Waals surface area contributed by atoms with Gasteiger partial charge in [0.15, 0.2) is 5.55 Å². The van der Waals surface area contributed by atoms with Gasteiger partial charge in [-0.05, 0) is 35.3 Å². The van der Waals surface area contributed by atoms with E-state index in [1.807, 2.05) is 18.2 Å². The SMILES string of the molecule is CC(C)(C)c1cccc(OC=S)c1. The van der Waals surface area contributed by atoms with Crippen LogP contribution in [0.25, 0.3) is 0 Å². The highest BCUT2D eigenvalue weighted by molar-refractivity contribution is 7.78. The first-order valence-corrected chi connectivity index (χ1v) is 4.72. The summed E-state index contributed by atoms with van der Waals surface area (Å²) in [5, 5.41) is 0. The highest BCUT2D eigenvalue weighted by Crippen LogP contribution is 2.25. The molecule has 0 aliphatic rings. The Morgan fingerprint density at radius 1 is 1.31 bits per heavy atom. The minimum absolute atomic E-state index is 0.154. The lowest BCUT2D eigenvalue weighted by Gasteiger charge is -2.19. The predicted octanol–water partition coefficient (Wildman–Crippen LogP) is 3.32. The van der Waals surface area contributed by atoms with Crippen LogP contribution in [0.1, 0.15) is 26.3 Å². The third-order valence-corrected chi connectivity index (χ3v) is 1.98. The normalized spacial score (nSPS) is 11.0. The second-order valence-electron chi connectivity index (χ2n) is 3.99. The Morgan fingerprint density at radius 3 is 2.54 bits per heavy atom. The Bertz CT molecular complexity index is 299. The summed E-state index contributed by atoms with van der Waals surface area (Å²) in [5.74, 6) is 0.808. The second-order valence-corrected chi connectivity index (χ2v) is 4.18. The minimum atomic E-state index is 0.154. The molecule has 0 heterocycles. The Kier molecular flexibility index (Phi) is 3.04. The quantitative estimate of drug-likeness (QED) is 0.668. The van der Waals surface area contributed by atoms with E-state index >= 15 is 0 Å². The van der Waals surface area contributed by atoms with Crippen LogP contribution in [0, 0.1) is 0 Å². The van der Waals surface area contributed by atoms with Crippen molar-refractivity contribution in [1.29, 1.82) is 0 Å². The van der Waals surface area contributed by atoms with Crippen LogP contribution in [0.3, 0.4) is 0 Å². The summed E-state index contributed by atoms with van der Waals surface area (Å²) in [6, 6.07) is 7.99. The molecule has 13 heavy (non-hydrogen) atoms. The number of hydrogen-bond donors (Lipinski definition) is 0. The minimum Gasteiger partial charge on any atom is -0.454 e. The van der Waals surface area contributed by atoms with Gasteiger partial charge in [-0.15, -0.1) is 0 Å². The molecule has 1 nitrogen and oxygen atoms in total. The zero-order valence-electron chi connectivity index (χ0n) is 8.20. The van der Waals surface area contributed by atoms with E-state index in [1.54, 1.807) is 0 Å². The van der Waals surface area contributed by atoms with Crippen molar-refractivity contribution in [2.75, 3.05) is 0 Å². The molecule has 0 saturated heterocycles. The van der Waals surface area contributed by atoms with E-state index in [0.29, 0.717) is 0 Å². The highest BCUT2D eigenvalue weighted by atomic mass is 32.1. The lowest BCUT2D eigenvalue weighted by molar-refractivity contribution is 0.563. The molecule has 0 spiro atoms. The van der Waals surface area contributed by atoms with Gasteiger partial charge in [-0.25, -0.2) is 0 Å². The largest absolute Gasteiger partial charge is 0.454 e. The number of thiocarbonyl (C=S) groups is 1. The van der Waals surface area contributed by atoms with Crippen molar-refractivity contribution in [2.45, 2.75) is 26.2 Å². The van der Waals surface area contributed by atoms with Crippen LogP contribution < -0.4 is 4.74 Å². The third kappa shape index (κ3) is 2.81. The van der Waals surface area contributed by atoms with Crippen molar-refractivity contribution in [3.05, 3.63) is 29.8 Å². The van der Waals surface area contributed by atoms with Crippen molar-refractivity contribution < 1.29 is 4.74 Å². The topological polar surface area (TPSA) is 9.23 Å². The van der Waals surface area contributed by atoms with Crippen LogP contribution in [0.5, 0.6) is 5.75 Å². The van der Waals surface area contributed by atoms with Gasteiger partial charge < -0.3 is 4.74 Å². The van der Waals surface area contributed by atoms with Crippen LogP contribution >= 0.6 is 12.2 Å². The van der Waals surface area contributed by atoms with Crippen LogP contribution in [0.2, 0.25) is 0 Å². The van der Waals surface area contributed by atoms with Gasteiger partial charge in [0.2, 0.25) is 0 Å². The lowest BCUT2D eigenvalue weighted by Crippen LogP contribution is -2.10. The van der Waals surface area contributed by atoms with Gasteiger partial charge in [0.1, 0.15) is 5.75 Å². The molecule has 2 heteroatoms. The molecule has 0 fully saturated rings. The van der Waals surface area contributed by atoms with Crippen molar-refractivity contribution in [3.8, 4) is 5.75 Å². The molecular formula is C11H14OS.